The Morgan fingerprint density at radius 1 is 1.07 bits per heavy atom. The topological polar surface area (TPSA) is 36.4 Å². The number of nitrogens with zero attached hydrogens (tertiary/aromatic N) is 3. The van der Waals surface area contributed by atoms with Crippen LogP contribution in [0, 0.1) is 13.8 Å². The molecule has 1 aliphatic heterocycles. The molecule has 0 unspecified atom stereocenters. The fourth-order valence-corrected chi connectivity index (χ4v) is 4.29. The van der Waals surface area contributed by atoms with Gasteiger partial charge in [0.2, 0.25) is 0 Å². The van der Waals surface area contributed by atoms with Gasteiger partial charge in [0.25, 0.3) is 5.91 Å². The van der Waals surface area contributed by atoms with Gasteiger partial charge in [0.15, 0.2) is 0 Å². The number of hydrogen-bond donors (Lipinski definition) is 0. The first-order valence-corrected chi connectivity index (χ1v) is 10.4. The first-order valence-electron chi connectivity index (χ1n) is 10.4. The minimum atomic E-state index is 0.113. The molecule has 3 aromatic rings. The van der Waals surface area contributed by atoms with Gasteiger partial charge in [0.05, 0.1) is 16.8 Å². The minimum Gasteiger partial charge on any atom is -0.338 e. The highest BCUT2D eigenvalue weighted by Gasteiger charge is 2.27. The van der Waals surface area contributed by atoms with Crippen LogP contribution in [0.4, 0.5) is 0 Å². The van der Waals surface area contributed by atoms with E-state index >= 15 is 0 Å². The summed E-state index contributed by atoms with van der Waals surface area (Å²) in [6.07, 6.45) is 2.02. The van der Waals surface area contributed by atoms with Crippen LogP contribution in [0.25, 0.3) is 10.9 Å². The summed E-state index contributed by atoms with van der Waals surface area (Å²) in [7, 11) is 2.19. The quantitative estimate of drug-likeness (QED) is 0.657. The molecule has 0 spiro atoms. The van der Waals surface area contributed by atoms with Gasteiger partial charge in [0.1, 0.15) is 0 Å². The van der Waals surface area contributed by atoms with E-state index in [9.17, 15) is 4.79 Å². The number of benzene rings is 2. The lowest BCUT2D eigenvalue weighted by Crippen LogP contribution is -2.45. The summed E-state index contributed by atoms with van der Waals surface area (Å²) >= 11 is 0. The van der Waals surface area contributed by atoms with Crippen molar-refractivity contribution in [1.29, 1.82) is 0 Å². The van der Waals surface area contributed by atoms with E-state index in [4.69, 9.17) is 0 Å². The average molecular weight is 388 g/mol. The standard InChI is InChI=1S/C25H29N3O/c1-18-9-10-24-21(15-18)16-23(19(2)26-24)25(29)28-13-11-22(12-14-28)27(3)17-20-7-5-4-6-8-20/h4-10,15-16,22H,11-14,17H2,1-3H3. The maximum absolute atomic E-state index is 13.2. The fraction of sp³-hybridized carbons (Fsp3) is 0.360. The van der Waals surface area contributed by atoms with Crippen molar-refractivity contribution in [2.24, 2.45) is 0 Å². The van der Waals surface area contributed by atoms with Gasteiger partial charge in [-0.15, -0.1) is 0 Å². The first-order chi connectivity index (χ1) is 14.0. The number of piperidine rings is 1. The van der Waals surface area contributed by atoms with Crippen LogP contribution in [0.15, 0.2) is 54.6 Å². The second-order valence-electron chi connectivity index (χ2n) is 8.24. The van der Waals surface area contributed by atoms with Crippen molar-refractivity contribution in [3.8, 4) is 0 Å². The SMILES string of the molecule is Cc1ccc2nc(C)c(C(=O)N3CCC(N(C)Cc4ccccc4)CC3)cc2c1. The van der Waals surface area contributed by atoms with Crippen molar-refractivity contribution in [2.75, 3.05) is 20.1 Å². The Kier molecular flexibility index (Phi) is 5.63. The first kappa shape index (κ1) is 19.6. The lowest BCUT2D eigenvalue weighted by Gasteiger charge is -2.37. The van der Waals surface area contributed by atoms with E-state index < -0.39 is 0 Å². The number of rotatable bonds is 4. The molecule has 1 amide bonds. The van der Waals surface area contributed by atoms with Crippen molar-refractivity contribution < 1.29 is 4.79 Å². The van der Waals surface area contributed by atoms with Gasteiger partial charge in [-0.05, 0) is 57.5 Å². The van der Waals surface area contributed by atoms with E-state index in [0.717, 1.165) is 54.6 Å². The molecule has 4 rings (SSSR count). The van der Waals surface area contributed by atoms with Crippen molar-refractivity contribution >= 4 is 16.8 Å². The van der Waals surface area contributed by atoms with Crippen molar-refractivity contribution in [1.82, 2.24) is 14.8 Å². The lowest BCUT2D eigenvalue weighted by molar-refractivity contribution is 0.0638. The van der Waals surface area contributed by atoms with E-state index in [1.54, 1.807) is 0 Å². The number of pyridine rings is 1. The van der Waals surface area contributed by atoms with Crippen LogP contribution in [0.1, 0.15) is 40.0 Å². The molecule has 1 aromatic heterocycles. The van der Waals surface area contributed by atoms with Gasteiger partial charge in [-0.2, -0.15) is 0 Å². The normalized spacial score (nSPS) is 15.2. The van der Waals surface area contributed by atoms with Crippen LogP contribution in [0.5, 0.6) is 0 Å². The highest BCUT2D eigenvalue weighted by atomic mass is 16.2. The Morgan fingerprint density at radius 3 is 2.52 bits per heavy atom. The fourth-order valence-electron chi connectivity index (χ4n) is 4.29. The average Bonchev–Trinajstić information content (AvgIpc) is 2.74. The van der Waals surface area contributed by atoms with Crippen LogP contribution in [-0.2, 0) is 6.54 Å². The molecule has 0 N–H and O–H groups in total. The van der Waals surface area contributed by atoms with E-state index in [0.29, 0.717) is 6.04 Å². The number of likely N-dealkylation sites (tertiary alicyclic amines) is 1. The zero-order chi connectivity index (χ0) is 20.4. The summed E-state index contributed by atoms with van der Waals surface area (Å²) in [6, 6.07) is 19.3. The largest absolute Gasteiger partial charge is 0.338 e. The van der Waals surface area contributed by atoms with Crippen LogP contribution >= 0.6 is 0 Å². The van der Waals surface area contributed by atoms with E-state index in [1.165, 1.54) is 11.1 Å². The molecule has 150 valence electrons. The summed E-state index contributed by atoms with van der Waals surface area (Å²) in [6.45, 7) is 6.55. The van der Waals surface area contributed by atoms with Gasteiger partial charge < -0.3 is 4.90 Å². The Bertz CT molecular complexity index is 1010. The third-order valence-corrected chi connectivity index (χ3v) is 6.04. The zero-order valence-electron chi connectivity index (χ0n) is 17.6. The van der Waals surface area contributed by atoms with Gasteiger partial charge in [-0.25, -0.2) is 0 Å². The predicted molar refractivity (Wildman–Crippen MR) is 118 cm³/mol. The number of aromatic nitrogens is 1. The van der Waals surface area contributed by atoms with Crippen molar-refractivity contribution in [2.45, 2.75) is 39.3 Å². The maximum atomic E-state index is 13.2. The predicted octanol–water partition coefficient (Wildman–Crippen LogP) is 4.59. The summed E-state index contributed by atoms with van der Waals surface area (Å²) in [5.74, 6) is 0.113. The Morgan fingerprint density at radius 2 is 1.79 bits per heavy atom. The molecular formula is C25H29N3O. The smallest absolute Gasteiger partial charge is 0.255 e. The zero-order valence-corrected chi connectivity index (χ0v) is 17.6. The molecule has 29 heavy (non-hydrogen) atoms. The van der Waals surface area contributed by atoms with E-state index in [2.05, 4.69) is 66.3 Å². The maximum Gasteiger partial charge on any atom is 0.255 e. The molecule has 0 radical (unpaired) electrons. The molecule has 2 heterocycles. The van der Waals surface area contributed by atoms with Crippen LogP contribution < -0.4 is 0 Å². The molecule has 2 aromatic carbocycles. The molecule has 0 atom stereocenters. The van der Waals surface area contributed by atoms with E-state index in [-0.39, 0.29) is 5.91 Å². The van der Waals surface area contributed by atoms with Gasteiger partial charge in [-0.1, -0.05) is 42.0 Å². The summed E-state index contributed by atoms with van der Waals surface area (Å²) in [4.78, 5) is 22.3. The Labute approximate surface area is 173 Å². The third kappa shape index (κ3) is 4.33. The molecule has 4 heteroatoms. The van der Waals surface area contributed by atoms with Crippen LogP contribution in [0.3, 0.4) is 0 Å². The molecule has 0 aliphatic carbocycles. The summed E-state index contributed by atoms with van der Waals surface area (Å²) in [5, 5.41) is 1.04. The van der Waals surface area contributed by atoms with Gasteiger partial charge in [-0.3, -0.25) is 14.7 Å². The summed E-state index contributed by atoms with van der Waals surface area (Å²) in [5.41, 5.74) is 5.02. The van der Waals surface area contributed by atoms with Gasteiger partial charge >= 0.3 is 0 Å². The number of fused-ring (bicyclic) bond motifs is 1. The second-order valence-corrected chi connectivity index (χ2v) is 8.24. The molecule has 1 aliphatic rings. The molecular weight excluding hydrogens is 358 g/mol. The second kappa shape index (κ2) is 8.34. The summed E-state index contributed by atoms with van der Waals surface area (Å²) < 4.78 is 0. The molecule has 1 saturated heterocycles. The van der Waals surface area contributed by atoms with Crippen LogP contribution in [0.2, 0.25) is 0 Å². The highest BCUT2D eigenvalue weighted by Crippen LogP contribution is 2.23. The number of amides is 1. The van der Waals surface area contributed by atoms with Crippen molar-refractivity contribution in [3.05, 3.63) is 77.0 Å². The number of carbonyl (C=O) groups is 1. The Hall–Kier alpha value is -2.72. The molecule has 4 nitrogen and oxygen atoms in total. The van der Waals surface area contributed by atoms with E-state index in [1.807, 2.05) is 24.0 Å². The number of aryl methyl sites for hydroxylation is 2. The third-order valence-electron chi connectivity index (χ3n) is 6.04. The van der Waals surface area contributed by atoms with Gasteiger partial charge in [0, 0.05) is 31.1 Å². The number of hydrogen-bond acceptors (Lipinski definition) is 3. The molecule has 1 fully saturated rings. The lowest BCUT2D eigenvalue weighted by atomic mass is 10.0. The highest BCUT2D eigenvalue weighted by molar-refractivity contribution is 5.98. The number of carbonyl (C=O) groups excluding carboxylic acids is 1. The molecule has 0 saturated carbocycles. The minimum absolute atomic E-state index is 0.113. The van der Waals surface area contributed by atoms with Crippen LogP contribution in [-0.4, -0.2) is 46.9 Å². The Balaban J connectivity index is 1.42. The molecule has 0 bridgehead atoms. The monoisotopic (exact) mass is 387 g/mol. The van der Waals surface area contributed by atoms with Crippen molar-refractivity contribution in [3.63, 3.8) is 0 Å².